The number of aromatic nitrogens is 2. The van der Waals surface area contributed by atoms with Crippen LogP contribution in [-0.4, -0.2) is 28.5 Å². The molecule has 0 aliphatic carbocycles. The Kier molecular flexibility index (Phi) is 6.19. The van der Waals surface area contributed by atoms with E-state index in [0.29, 0.717) is 39.4 Å². The number of esters is 1. The molecule has 2 aromatic carbocycles. The first-order valence-electron chi connectivity index (χ1n) is 9.59. The van der Waals surface area contributed by atoms with Gasteiger partial charge in [0, 0.05) is 23.2 Å². The molecule has 4 rings (SSSR count). The van der Waals surface area contributed by atoms with Crippen molar-refractivity contribution in [3.8, 4) is 11.4 Å². The number of nitrogens with one attached hydrogen (secondary N) is 1. The number of carbonyl (C=O) groups is 2. The summed E-state index contributed by atoms with van der Waals surface area (Å²) in [6.45, 7) is -0.103. The van der Waals surface area contributed by atoms with Crippen LogP contribution in [0.2, 0.25) is 5.02 Å². The van der Waals surface area contributed by atoms with E-state index in [1.165, 1.54) is 0 Å². The highest BCUT2D eigenvalue weighted by Gasteiger charge is 2.17. The lowest BCUT2D eigenvalue weighted by Crippen LogP contribution is -2.28. The highest BCUT2D eigenvalue weighted by molar-refractivity contribution is 6.30. The minimum absolute atomic E-state index is 0.291. The molecule has 0 radical (unpaired) electrons. The van der Waals surface area contributed by atoms with Gasteiger partial charge < -0.3 is 10.1 Å². The third-order valence-electron chi connectivity index (χ3n) is 4.58. The Balaban J connectivity index is 1.48. The summed E-state index contributed by atoms with van der Waals surface area (Å²) in [6.07, 6.45) is 1.66. The monoisotopic (exact) mass is 431 g/mol. The van der Waals surface area contributed by atoms with Gasteiger partial charge >= 0.3 is 5.97 Å². The van der Waals surface area contributed by atoms with E-state index in [2.05, 4.69) is 15.3 Å². The summed E-state index contributed by atoms with van der Waals surface area (Å²) < 4.78 is 5.28. The van der Waals surface area contributed by atoms with Gasteiger partial charge in [-0.15, -0.1) is 0 Å². The van der Waals surface area contributed by atoms with Crippen LogP contribution >= 0.6 is 11.6 Å². The van der Waals surface area contributed by atoms with Crippen LogP contribution in [0.25, 0.3) is 22.3 Å². The first-order valence-corrected chi connectivity index (χ1v) is 9.97. The second-order valence-electron chi connectivity index (χ2n) is 6.77. The van der Waals surface area contributed by atoms with E-state index < -0.39 is 18.5 Å². The maximum Gasteiger partial charge on any atom is 0.339 e. The Bertz CT molecular complexity index is 1250. The van der Waals surface area contributed by atoms with Crippen LogP contribution in [0.4, 0.5) is 0 Å². The number of hydrogen-bond acceptors (Lipinski definition) is 5. The lowest BCUT2D eigenvalue weighted by Gasteiger charge is -2.10. The quantitative estimate of drug-likeness (QED) is 0.457. The molecule has 0 aliphatic heterocycles. The SMILES string of the molecule is O=C(COC(=O)c1cc(-c2ccccn2)nc2ccccc12)NCc1cccc(Cl)c1. The molecule has 0 aliphatic rings. The molecule has 0 unspecified atom stereocenters. The van der Waals surface area contributed by atoms with Crippen LogP contribution in [0.15, 0.2) is 79.0 Å². The van der Waals surface area contributed by atoms with Crippen LogP contribution in [-0.2, 0) is 16.1 Å². The number of nitrogens with zero attached hydrogens (tertiary/aromatic N) is 2. The molecule has 0 spiro atoms. The first-order chi connectivity index (χ1) is 15.1. The minimum Gasteiger partial charge on any atom is -0.452 e. The molecule has 2 heterocycles. The summed E-state index contributed by atoms with van der Waals surface area (Å²) in [5, 5.41) is 3.94. The van der Waals surface area contributed by atoms with Crippen LogP contribution in [0, 0.1) is 0 Å². The van der Waals surface area contributed by atoms with Crippen molar-refractivity contribution in [3.05, 3.63) is 95.1 Å². The number of para-hydroxylation sites is 1. The van der Waals surface area contributed by atoms with Crippen molar-refractivity contribution in [1.82, 2.24) is 15.3 Å². The molecule has 4 aromatic rings. The summed E-state index contributed by atoms with van der Waals surface area (Å²) in [7, 11) is 0. The molecule has 31 heavy (non-hydrogen) atoms. The van der Waals surface area contributed by atoms with Crippen molar-refractivity contribution < 1.29 is 14.3 Å². The van der Waals surface area contributed by atoms with E-state index in [0.717, 1.165) is 5.56 Å². The average molecular weight is 432 g/mol. The van der Waals surface area contributed by atoms with Gasteiger partial charge in [0.05, 0.1) is 22.5 Å². The summed E-state index contributed by atoms with van der Waals surface area (Å²) >= 11 is 5.94. The average Bonchev–Trinajstić information content (AvgIpc) is 2.81. The van der Waals surface area contributed by atoms with Crippen molar-refractivity contribution in [2.45, 2.75) is 6.54 Å². The number of amides is 1. The Morgan fingerprint density at radius 2 is 1.77 bits per heavy atom. The van der Waals surface area contributed by atoms with E-state index >= 15 is 0 Å². The zero-order valence-corrected chi connectivity index (χ0v) is 17.2. The normalized spacial score (nSPS) is 10.6. The topological polar surface area (TPSA) is 81.2 Å². The Morgan fingerprint density at radius 1 is 0.935 bits per heavy atom. The molecule has 0 bridgehead atoms. The van der Waals surface area contributed by atoms with E-state index in [-0.39, 0.29) is 0 Å². The maximum absolute atomic E-state index is 12.8. The molecular weight excluding hydrogens is 414 g/mol. The van der Waals surface area contributed by atoms with E-state index in [1.807, 2.05) is 42.5 Å². The molecule has 1 N–H and O–H groups in total. The molecule has 0 atom stereocenters. The van der Waals surface area contributed by atoms with Crippen LogP contribution < -0.4 is 5.32 Å². The standard InChI is InChI=1S/C24H18ClN3O3/c25-17-7-5-6-16(12-17)14-27-23(29)15-31-24(30)19-13-22(21-10-3-4-11-26-21)28-20-9-2-1-8-18(19)20/h1-13H,14-15H2,(H,27,29). The van der Waals surface area contributed by atoms with E-state index in [9.17, 15) is 9.59 Å². The number of benzene rings is 2. The third-order valence-corrected chi connectivity index (χ3v) is 4.81. The summed E-state index contributed by atoms with van der Waals surface area (Å²) in [5.41, 5.74) is 3.02. The summed E-state index contributed by atoms with van der Waals surface area (Å²) in [6, 6.07) is 21.5. The largest absolute Gasteiger partial charge is 0.452 e. The predicted molar refractivity (Wildman–Crippen MR) is 119 cm³/mol. The fraction of sp³-hybridized carbons (Fsp3) is 0.0833. The van der Waals surface area contributed by atoms with Gasteiger partial charge in [-0.25, -0.2) is 9.78 Å². The van der Waals surface area contributed by atoms with Crippen LogP contribution in [0.5, 0.6) is 0 Å². The first kappa shape index (κ1) is 20.5. The number of hydrogen-bond donors (Lipinski definition) is 1. The third kappa shape index (κ3) is 5.05. The van der Waals surface area contributed by atoms with Crippen molar-refractivity contribution in [2.75, 3.05) is 6.61 Å². The Morgan fingerprint density at radius 3 is 2.58 bits per heavy atom. The van der Waals surface area contributed by atoms with Gasteiger partial charge in [0.2, 0.25) is 0 Å². The van der Waals surface area contributed by atoms with Gasteiger partial charge in [-0.2, -0.15) is 0 Å². The highest BCUT2D eigenvalue weighted by Crippen LogP contribution is 2.24. The number of carbonyl (C=O) groups excluding carboxylic acids is 2. The van der Waals surface area contributed by atoms with Crippen molar-refractivity contribution in [1.29, 1.82) is 0 Å². The zero-order chi connectivity index (χ0) is 21.6. The molecule has 0 fully saturated rings. The number of pyridine rings is 2. The fourth-order valence-corrected chi connectivity index (χ4v) is 3.31. The molecule has 2 aromatic heterocycles. The summed E-state index contributed by atoms with van der Waals surface area (Å²) in [4.78, 5) is 33.8. The maximum atomic E-state index is 12.8. The molecule has 6 nitrogen and oxygen atoms in total. The van der Waals surface area contributed by atoms with Gasteiger partial charge in [-0.1, -0.05) is 48.0 Å². The zero-order valence-electron chi connectivity index (χ0n) is 16.4. The molecule has 0 saturated heterocycles. The Hall–Kier alpha value is -3.77. The lowest BCUT2D eigenvalue weighted by molar-refractivity contribution is -0.124. The van der Waals surface area contributed by atoms with Crippen molar-refractivity contribution in [3.63, 3.8) is 0 Å². The van der Waals surface area contributed by atoms with Gasteiger partial charge in [0.15, 0.2) is 6.61 Å². The minimum atomic E-state index is -0.603. The van der Waals surface area contributed by atoms with Crippen LogP contribution in [0.1, 0.15) is 15.9 Å². The number of fused-ring (bicyclic) bond motifs is 1. The smallest absolute Gasteiger partial charge is 0.339 e. The summed E-state index contributed by atoms with van der Waals surface area (Å²) in [5.74, 6) is -1.01. The molecule has 0 saturated carbocycles. The van der Waals surface area contributed by atoms with Gasteiger partial charge in [-0.3, -0.25) is 9.78 Å². The van der Waals surface area contributed by atoms with Crippen molar-refractivity contribution in [2.24, 2.45) is 0 Å². The molecule has 7 heteroatoms. The van der Waals surface area contributed by atoms with Crippen LogP contribution in [0.3, 0.4) is 0 Å². The fourth-order valence-electron chi connectivity index (χ4n) is 3.10. The van der Waals surface area contributed by atoms with E-state index in [1.54, 1.807) is 36.5 Å². The predicted octanol–water partition coefficient (Wildman–Crippen LogP) is 4.42. The number of halogens is 1. The number of rotatable bonds is 6. The highest BCUT2D eigenvalue weighted by atomic mass is 35.5. The molecular formula is C24H18ClN3O3. The van der Waals surface area contributed by atoms with Gasteiger partial charge in [0.1, 0.15) is 0 Å². The molecule has 154 valence electrons. The van der Waals surface area contributed by atoms with E-state index in [4.69, 9.17) is 16.3 Å². The Labute approximate surface area is 183 Å². The number of ether oxygens (including phenoxy) is 1. The second kappa shape index (κ2) is 9.36. The lowest BCUT2D eigenvalue weighted by atomic mass is 10.1. The van der Waals surface area contributed by atoms with Gasteiger partial charge in [0.25, 0.3) is 5.91 Å². The van der Waals surface area contributed by atoms with Gasteiger partial charge in [-0.05, 0) is 42.0 Å². The van der Waals surface area contributed by atoms with Crippen molar-refractivity contribution >= 4 is 34.4 Å². The second-order valence-corrected chi connectivity index (χ2v) is 7.21. The molecule has 1 amide bonds.